The molecule has 0 spiro atoms. The summed E-state index contributed by atoms with van der Waals surface area (Å²) in [5, 5.41) is 11.5. The fourth-order valence-electron chi connectivity index (χ4n) is 2.93. The van der Waals surface area contributed by atoms with E-state index < -0.39 is 0 Å². The van der Waals surface area contributed by atoms with Gasteiger partial charge in [0.25, 0.3) is 0 Å². The zero-order valence-electron chi connectivity index (χ0n) is 12.0. The van der Waals surface area contributed by atoms with Crippen LogP contribution in [0, 0.1) is 0 Å². The highest BCUT2D eigenvalue weighted by Crippen LogP contribution is 2.20. The molecule has 0 aliphatic carbocycles. The Morgan fingerprint density at radius 1 is 1.00 bits per heavy atom. The van der Waals surface area contributed by atoms with Gasteiger partial charge in [0.2, 0.25) is 5.91 Å². The van der Waals surface area contributed by atoms with Crippen LogP contribution in [0.1, 0.15) is 5.56 Å². The van der Waals surface area contributed by atoms with Crippen LogP contribution in [-0.4, -0.2) is 53.6 Å². The third-order valence-electron chi connectivity index (χ3n) is 4.13. The lowest BCUT2D eigenvalue weighted by Crippen LogP contribution is -2.49. The van der Waals surface area contributed by atoms with Gasteiger partial charge >= 0.3 is 0 Å². The highest BCUT2D eigenvalue weighted by molar-refractivity contribution is 5.85. The molecule has 1 N–H and O–H groups in total. The Morgan fingerprint density at radius 2 is 1.71 bits per heavy atom. The first-order valence-electron chi connectivity index (χ1n) is 7.35. The highest BCUT2D eigenvalue weighted by atomic mass is 16.3. The fourth-order valence-corrected chi connectivity index (χ4v) is 2.93. The van der Waals surface area contributed by atoms with E-state index in [0.717, 1.165) is 19.6 Å². The number of rotatable bonds is 3. The molecular formula is C17H20N2O2. The van der Waals surface area contributed by atoms with E-state index in [0.29, 0.717) is 13.1 Å². The van der Waals surface area contributed by atoms with E-state index >= 15 is 0 Å². The SMILES string of the molecule is O=C(CO)N1CCN(Cc2cccc3ccccc23)CC1. The van der Waals surface area contributed by atoms with Gasteiger partial charge in [-0.25, -0.2) is 0 Å². The van der Waals surface area contributed by atoms with Gasteiger partial charge in [-0.1, -0.05) is 42.5 Å². The molecule has 1 amide bonds. The molecule has 0 unspecified atom stereocenters. The van der Waals surface area contributed by atoms with Crippen LogP contribution in [0.25, 0.3) is 10.8 Å². The summed E-state index contributed by atoms with van der Waals surface area (Å²) >= 11 is 0. The van der Waals surface area contributed by atoms with Crippen LogP contribution in [-0.2, 0) is 11.3 Å². The maximum Gasteiger partial charge on any atom is 0.248 e. The minimum atomic E-state index is -0.386. The number of piperazine rings is 1. The van der Waals surface area contributed by atoms with Crippen LogP contribution in [0.3, 0.4) is 0 Å². The Balaban J connectivity index is 1.69. The first-order valence-corrected chi connectivity index (χ1v) is 7.35. The van der Waals surface area contributed by atoms with Gasteiger partial charge in [-0.05, 0) is 16.3 Å². The van der Waals surface area contributed by atoms with Crippen LogP contribution in [0.2, 0.25) is 0 Å². The third-order valence-corrected chi connectivity index (χ3v) is 4.13. The van der Waals surface area contributed by atoms with Crippen molar-refractivity contribution >= 4 is 16.7 Å². The standard InChI is InChI=1S/C17H20N2O2/c20-13-17(21)19-10-8-18(9-11-19)12-15-6-3-5-14-4-1-2-7-16(14)15/h1-7,20H,8-13H2. The number of aliphatic hydroxyl groups excluding tert-OH is 1. The predicted molar refractivity (Wildman–Crippen MR) is 82.9 cm³/mol. The van der Waals surface area contributed by atoms with Crippen molar-refractivity contribution in [3.05, 3.63) is 48.0 Å². The molecule has 2 aromatic carbocycles. The summed E-state index contributed by atoms with van der Waals surface area (Å²) in [6.45, 7) is 3.63. The summed E-state index contributed by atoms with van der Waals surface area (Å²) in [4.78, 5) is 15.6. The lowest BCUT2D eigenvalue weighted by atomic mass is 10.0. The summed E-state index contributed by atoms with van der Waals surface area (Å²) in [5.74, 6) is -0.167. The number of aliphatic hydroxyl groups is 1. The van der Waals surface area contributed by atoms with Gasteiger partial charge in [0.05, 0.1) is 0 Å². The first kappa shape index (κ1) is 14.0. The van der Waals surface area contributed by atoms with Gasteiger partial charge in [-0.3, -0.25) is 9.69 Å². The van der Waals surface area contributed by atoms with Crippen LogP contribution >= 0.6 is 0 Å². The van der Waals surface area contributed by atoms with Crippen molar-refractivity contribution in [1.29, 1.82) is 0 Å². The molecular weight excluding hydrogens is 264 g/mol. The molecule has 21 heavy (non-hydrogen) atoms. The average molecular weight is 284 g/mol. The minimum Gasteiger partial charge on any atom is -0.387 e. The molecule has 0 radical (unpaired) electrons. The lowest BCUT2D eigenvalue weighted by Gasteiger charge is -2.34. The Morgan fingerprint density at radius 3 is 2.48 bits per heavy atom. The topological polar surface area (TPSA) is 43.8 Å². The Labute approximate surface area is 124 Å². The Bertz CT molecular complexity index is 628. The number of amides is 1. The van der Waals surface area contributed by atoms with Crippen molar-refractivity contribution in [2.45, 2.75) is 6.54 Å². The van der Waals surface area contributed by atoms with Crippen LogP contribution < -0.4 is 0 Å². The van der Waals surface area contributed by atoms with Gasteiger partial charge in [0.15, 0.2) is 0 Å². The predicted octanol–water partition coefficient (Wildman–Crippen LogP) is 1.48. The summed E-state index contributed by atoms with van der Waals surface area (Å²) in [6.07, 6.45) is 0. The molecule has 110 valence electrons. The van der Waals surface area contributed by atoms with Crippen molar-refractivity contribution in [1.82, 2.24) is 9.80 Å². The van der Waals surface area contributed by atoms with Crippen molar-refractivity contribution in [3.8, 4) is 0 Å². The summed E-state index contributed by atoms with van der Waals surface area (Å²) in [5.41, 5.74) is 1.33. The van der Waals surface area contributed by atoms with E-state index in [1.807, 2.05) is 0 Å². The second kappa shape index (κ2) is 6.24. The molecule has 0 bridgehead atoms. The highest BCUT2D eigenvalue weighted by Gasteiger charge is 2.20. The number of benzene rings is 2. The molecule has 0 saturated carbocycles. The van der Waals surface area contributed by atoms with E-state index in [4.69, 9.17) is 5.11 Å². The number of carbonyl (C=O) groups is 1. The van der Waals surface area contributed by atoms with E-state index in [1.165, 1.54) is 16.3 Å². The molecule has 1 saturated heterocycles. The fraction of sp³-hybridized carbons (Fsp3) is 0.353. The van der Waals surface area contributed by atoms with Crippen molar-refractivity contribution in [2.75, 3.05) is 32.8 Å². The van der Waals surface area contributed by atoms with Crippen LogP contribution in [0.15, 0.2) is 42.5 Å². The monoisotopic (exact) mass is 284 g/mol. The molecule has 1 heterocycles. The van der Waals surface area contributed by atoms with Gasteiger partial charge in [0, 0.05) is 32.7 Å². The summed E-state index contributed by atoms with van der Waals surface area (Å²) in [7, 11) is 0. The number of carbonyl (C=O) groups excluding carboxylic acids is 1. The summed E-state index contributed by atoms with van der Waals surface area (Å²) in [6, 6.07) is 14.8. The van der Waals surface area contributed by atoms with E-state index in [2.05, 4.69) is 47.4 Å². The number of fused-ring (bicyclic) bond motifs is 1. The molecule has 1 fully saturated rings. The van der Waals surface area contributed by atoms with Crippen molar-refractivity contribution in [2.24, 2.45) is 0 Å². The molecule has 0 atom stereocenters. The molecule has 0 aromatic heterocycles. The zero-order valence-corrected chi connectivity index (χ0v) is 12.0. The van der Waals surface area contributed by atoms with Crippen LogP contribution in [0.5, 0.6) is 0 Å². The normalized spacial score (nSPS) is 16.3. The maximum atomic E-state index is 11.5. The minimum absolute atomic E-state index is 0.167. The molecule has 1 aliphatic rings. The largest absolute Gasteiger partial charge is 0.387 e. The smallest absolute Gasteiger partial charge is 0.248 e. The zero-order chi connectivity index (χ0) is 14.7. The second-order valence-electron chi connectivity index (χ2n) is 5.45. The van der Waals surface area contributed by atoms with Crippen molar-refractivity contribution < 1.29 is 9.90 Å². The molecule has 3 rings (SSSR count). The number of hydrogen-bond donors (Lipinski definition) is 1. The molecule has 2 aromatic rings. The van der Waals surface area contributed by atoms with E-state index in [9.17, 15) is 4.79 Å². The van der Waals surface area contributed by atoms with Gasteiger partial charge in [-0.15, -0.1) is 0 Å². The third kappa shape index (κ3) is 3.06. The Hall–Kier alpha value is -1.91. The molecule has 1 aliphatic heterocycles. The van der Waals surface area contributed by atoms with E-state index in [1.54, 1.807) is 4.90 Å². The van der Waals surface area contributed by atoms with Gasteiger partial charge in [0.1, 0.15) is 6.61 Å². The number of nitrogens with zero attached hydrogens (tertiary/aromatic N) is 2. The van der Waals surface area contributed by atoms with Crippen LogP contribution in [0.4, 0.5) is 0 Å². The molecule has 4 heteroatoms. The van der Waals surface area contributed by atoms with Crippen molar-refractivity contribution in [3.63, 3.8) is 0 Å². The summed E-state index contributed by atoms with van der Waals surface area (Å²) < 4.78 is 0. The quantitative estimate of drug-likeness (QED) is 0.928. The molecule has 4 nitrogen and oxygen atoms in total. The Kier molecular flexibility index (Phi) is 4.18. The van der Waals surface area contributed by atoms with E-state index in [-0.39, 0.29) is 12.5 Å². The first-order chi connectivity index (χ1) is 10.3. The second-order valence-corrected chi connectivity index (χ2v) is 5.45. The average Bonchev–Trinajstić information content (AvgIpc) is 2.55. The maximum absolute atomic E-state index is 11.5. The lowest BCUT2D eigenvalue weighted by molar-refractivity contribution is -0.135. The number of hydrogen-bond acceptors (Lipinski definition) is 3. The van der Waals surface area contributed by atoms with Gasteiger partial charge < -0.3 is 10.0 Å². The van der Waals surface area contributed by atoms with Gasteiger partial charge in [-0.2, -0.15) is 0 Å².